The van der Waals surface area contributed by atoms with Crippen molar-refractivity contribution in [2.45, 2.75) is 18.6 Å². The quantitative estimate of drug-likeness (QED) is 0.365. The summed E-state index contributed by atoms with van der Waals surface area (Å²) in [5.41, 5.74) is 3.02. The number of rotatable bonds is 3. The van der Waals surface area contributed by atoms with Gasteiger partial charge in [-0.3, -0.25) is 0 Å². The van der Waals surface area contributed by atoms with E-state index in [1.165, 1.54) is 0 Å². The van der Waals surface area contributed by atoms with E-state index in [1.807, 2.05) is 18.2 Å². The highest BCUT2D eigenvalue weighted by Gasteiger charge is 2.36. The van der Waals surface area contributed by atoms with Crippen molar-refractivity contribution in [3.8, 4) is 0 Å². The Bertz CT molecular complexity index is 507. The normalized spacial score (nSPS) is 13.5. The molecule has 1 aromatic rings. The number of benzene rings is 1. The van der Waals surface area contributed by atoms with Gasteiger partial charge in [-0.05, 0) is 26.0 Å². The van der Waals surface area contributed by atoms with Crippen LogP contribution in [0.3, 0.4) is 0 Å². The number of para-hydroxylation sites is 1. The fourth-order valence-corrected chi connectivity index (χ4v) is 1.60. The molecule has 6 heteroatoms. The van der Waals surface area contributed by atoms with Crippen LogP contribution in [0.4, 0.5) is 5.69 Å². The van der Waals surface area contributed by atoms with Crippen molar-refractivity contribution in [3.63, 3.8) is 0 Å². The number of sulfone groups is 1. The van der Waals surface area contributed by atoms with Gasteiger partial charge in [-0.1, -0.05) is 18.2 Å². The summed E-state index contributed by atoms with van der Waals surface area (Å²) >= 11 is 0. The second-order valence-electron chi connectivity index (χ2n) is 4.22. The van der Waals surface area contributed by atoms with Crippen LogP contribution in [0.5, 0.6) is 0 Å². The van der Waals surface area contributed by atoms with Gasteiger partial charge in [0.25, 0.3) is 0 Å². The minimum atomic E-state index is -3.31. The number of nitrogens with one attached hydrogen (secondary N) is 1. The minimum absolute atomic E-state index is 0.214. The summed E-state index contributed by atoms with van der Waals surface area (Å²) in [6, 6.07) is 9.04. The molecule has 0 radical (unpaired) electrons. The first-order chi connectivity index (χ1) is 7.79. The van der Waals surface area contributed by atoms with Gasteiger partial charge in [-0.15, -0.1) is 0 Å². The summed E-state index contributed by atoms with van der Waals surface area (Å²) in [6.07, 6.45) is 1.16. The molecule has 0 saturated carbocycles. The van der Waals surface area contributed by atoms with Crippen LogP contribution in [-0.2, 0) is 9.84 Å². The summed E-state index contributed by atoms with van der Waals surface area (Å²) in [7, 11) is -3.31. The molecule has 3 N–H and O–H groups in total. The zero-order chi connectivity index (χ0) is 13.1. The lowest BCUT2D eigenvalue weighted by molar-refractivity contribution is 0.581. The third-order valence-electron chi connectivity index (χ3n) is 2.63. The van der Waals surface area contributed by atoms with E-state index in [4.69, 9.17) is 5.84 Å². The van der Waals surface area contributed by atoms with Gasteiger partial charge in [0, 0.05) is 6.26 Å². The Morgan fingerprint density at radius 1 is 1.29 bits per heavy atom. The van der Waals surface area contributed by atoms with Crippen LogP contribution in [0, 0.1) is 0 Å². The lowest BCUT2D eigenvalue weighted by Gasteiger charge is -2.24. The van der Waals surface area contributed by atoms with E-state index in [0.717, 1.165) is 6.26 Å². The molecule has 1 rings (SSSR count). The topological polar surface area (TPSA) is 84.5 Å². The highest BCUT2D eigenvalue weighted by atomic mass is 32.2. The van der Waals surface area contributed by atoms with Crippen LogP contribution in [0.15, 0.2) is 35.3 Å². The second kappa shape index (κ2) is 4.85. The maximum Gasteiger partial charge on any atom is 0.159 e. The van der Waals surface area contributed by atoms with Gasteiger partial charge in [0.2, 0.25) is 0 Å². The average Bonchev–Trinajstić information content (AvgIpc) is 2.25. The Balaban J connectivity index is 3.22. The molecule has 0 spiro atoms. The largest absolute Gasteiger partial charge is 0.311 e. The molecule has 0 saturated heterocycles. The number of hydrogen-bond acceptors (Lipinski definition) is 4. The summed E-state index contributed by atoms with van der Waals surface area (Å²) in [5.74, 6) is 5.57. The van der Waals surface area contributed by atoms with Crippen LogP contribution in [-0.4, -0.2) is 25.3 Å². The van der Waals surface area contributed by atoms with Crippen LogP contribution < -0.4 is 11.3 Å². The predicted octanol–water partition coefficient (Wildman–Crippen LogP) is 1.00. The Morgan fingerprint density at radius 3 is 2.24 bits per heavy atom. The Kier molecular flexibility index (Phi) is 3.90. The Hall–Kier alpha value is -1.40. The SMILES string of the molecule is CC(C)(C(=Nc1ccccc1)NN)S(C)(=O)=O. The molecule has 0 fully saturated rings. The third kappa shape index (κ3) is 3.04. The zero-order valence-electron chi connectivity index (χ0n) is 10.1. The molecule has 0 heterocycles. The number of amidine groups is 1. The van der Waals surface area contributed by atoms with Crippen LogP contribution >= 0.6 is 0 Å². The predicted molar refractivity (Wildman–Crippen MR) is 69.8 cm³/mol. The summed E-state index contributed by atoms with van der Waals surface area (Å²) in [4.78, 5) is 4.22. The van der Waals surface area contributed by atoms with Gasteiger partial charge in [0.1, 0.15) is 10.6 Å². The van der Waals surface area contributed by atoms with Crippen molar-refractivity contribution < 1.29 is 8.42 Å². The Morgan fingerprint density at radius 2 is 1.82 bits per heavy atom. The molecule has 17 heavy (non-hydrogen) atoms. The maximum absolute atomic E-state index is 11.7. The van der Waals surface area contributed by atoms with Gasteiger partial charge in [-0.2, -0.15) is 0 Å². The van der Waals surface area contributed by atoms with E-state index in [-0.39, 0.29) is 5.84 Å². The number of nitrogens with two attached hydrogens (primary N) is 1. The van der Waals surface area contributed by atoms with E-state index in [2.05, 4.69) is 10.4 Å². The monoisotopic (exact) mass is 255 g/mol. The molecule has 0 aromatic heterocycles. The van der Waals surface area contributed by atoms with E-state index in [9.17, 15) is 8.42 Å². The van der Waals surface area contributed by atoms with Gasteiger partial charge in [-0.25, -0.2) is 19.3 Å². The van der Waals surface area contributed by atoms with Gasteiger partial charge >= 0.3 is 0 Å². The van der Waals surface area contributed by atoms with E-state index < -0.39 is 14.6 Å². The summed E-state index contributed by atoms with van der Waals surface area (Å²) in [6.45, 7) is 3.12. The smallest absolute Gasteiger partial charge is 0.159 e. The van der Waals surface area contributed by atoms with Gasteiger partial charge in [0.15, 0.2) is 9.84 Å². The summed E-state index contributed by atoms with van der Waals surface area (Å²) in [5, 5.41) is 0. The maximum atomic E-state index is 11.7. The summed E-state index contributed by atoms with van der Waals surface area (Å²) < 4.78 is 22.2. The highest BCUT2D eigenvalue weighted by Crippen LogP contribution is 2.19. The first-order valence-corrected chi connectivity index (χ1v) is 6.98. The number of aliphatic imine (C=N–C) groups is 1. The molecule has 5 nitrogen and oxygen atoms in total. The number of hydrazine groups is 1. The lowest BCUT2D eigenvalue weighted by Crippen LogP contribution is -2.50. The molecule has 0 aliphatic carbocycles. The van der Waals surface area contributed by atoms with Gasteiger partial charge < -0.3 is 5.43 Å². The van der Waals surface area contributed by atoms with E-state index in [1.54, 1.807) is 26.0 Å². The molecule has 0 atom stereocenters. The first-order valence-electron chi connectivity index (χ1n) is 5.09. The highest BCUT2D eigenvalue weighted by molar-refractivity contribution is 7.92. The van der Waals surface area contributed by atoms with E-state index >= 15 is 0 Å². The first kappa shape index (κ1) is 13.7. The average molecular weight is 255 g/mol. The Labute approximate surface area is 102 Å². The minimum Gasteiger partial charge on any atom is -0.311 e. The molecule has 0 bridgehead atoms. The van der Waals surface area contributed by atoms with E-state index in [0.29, 0.717) is 5.69 Å². The van der Waals surface area contributed by atoms with Crippen molar-refractivity contribution in [2.75, 3.05) is 6.26 Å². The third-order valence-corrected chi connectivity index (χ3v) is 4.68. The molecule has 0 aliphatic heterocycles. The van der Waals surface area contributed by atoms with Crippen LogP contribution in [0.2, 0.25) is 0 Å². The zero-order valence-corrected chi connectivity index (χ0v) is 11.0. The molecule has 94 valence electrons. The molecular weight excluding hydrogens is 238 g/mol. The van der Waals surface area contributed by atoms with Crippen LogP contribution in [0.25, 0.3) is 0 Å². The molecule has 0 aliphatic rings. The molecule has 0 unspecified atom stereocenters. The number of hydrogen-bond donors (Lipinski definition) is 2. The second-order valence-corrected chi connectivity index (χ2v) is 6.79. The standard InChI is InChI=1S/C11H17N3O2S/c1-11(2,17(3,15)16)10(14-12)13-9-7-5-4-6-8-9/h4-8H,12H2,1-3H3,(H,13,14). The van der Waals surface area contributed by atoms with Crippen molar-refractivity contribution in [1.29, 1.82) is 0 Å². The number of nitrogens with zero attached hydrogens (tertiary/aromatic N) is 1. The van der Waals surface area contributed by atoms with Crippen LogP contribution in [0.1, 0.15) is 13.8 Å². The molecular formula is C11H17N3O2S. The fraction of sp³-hybridized carbons (Fsp3) is 0.364. The van der Waals surface area contributed by atoms with Crippen molar-refractivity contribution in [3.05, 3.63) is 30.3 Å². The fourth-order valence-electron chi connectivity index (χ4n) is 1.15. The van der Waals surface area contributed by atoms with Crippen molar-refractivity contribution >= 4 is 21.4 Å². The van der Waals surface area contributed by atoms with Crippen molar-refractivity contribution in [1.82, 2.24) is 5.43 Å². The van der Waals surface area contributed by atoms with Gasteiger partial charge in [0.05, 0.1) is 5.69 Å². The molecule has 1 aromatic carbocycles. The van der Waals surface area contributed by atoms with Crippen molar-refractivity contribution in [2.24, 2.45) is 10.8 Å². The lowest BCUT2D eigenvalue weighted by atomic mass is 10.2. The molecule has 0 amide bonds.